The van der Waals surface area contributed by atoms with Crippen molar-refractivity contribution in [1.82, 2.24) is 0 Å². The molecule has 0 N–H and O–H groups in total. The summed E-state index contributed by atoms with van der Waals surface area (Å²) in [4.78, 5) is 7.43. The number of hydrogen-bond acceptors (Lipinski definition) is 5. The third kappa shape index (κ3) is 2.46. The number of para-hydroxylation sites is 5. The van der Waals surface area contributed by atoms with Crippen LogP contribution in [0.4, 0.5) is 51.2 Å². The van der Waals surface area contributed by atoms with Gasteiger partial charge in [-0.1, -0.05) is 0 Å². The summed E-state index contributed by atoms with van der Waals surface area (Å²) in [6, 6.07) is 43.4. The first kappa shape index (κ1) is 22.5. The summed E-state index contributed by atoms with van der Waals surface area (Å²) in [5.41, 5.74) is 10.7. The molecule has 0 bridgehead atoms. The van der Waals surface area contributed by atoms with Crippen LogP contribution >= 0.6 is 0 Å². The van der Waals surface area contributed by atoms with Crippen molar-refractivity contribution in [1.29, 1.82) is 0 Å². The topological polar surface area (TPSA) is 28.2 Å². The molecule has 0 spiro atoms. The predicted octanol–water partition coefficient (Wildman–Crippen LogP) is 8.35. The Labute approximate surface area is 251 Å². The molecular weight excluding hydrogens is 591 g/mol. The summed E-state index contributed by atoms with van der Waals surface area (Å²) in [6.45, 7) is 0. The first-order valence-electron chi connectivity index (χ1n) is 14.7. The number of rotatable bonds is 1. The number of ether oxygens (including phenoxy) is 2. The fourth-order valence-corrected chi connectivity index (χ4v) is 18.8. The van der Waals surface area contributed by atoms with Gasteiger partial charge in [0.2, 0.25) is 0 Å². The van der Waals surface area contributed by atoms with Crippen molar-refractivity contribution in [3.8, 4) is 23.0 Å². The van der Waals surface area contributed by atoms with Crippen LogP contribution in [0.3, 0.4) is 0 Å². The number of anilines is 9. The van der Waals surface area contributed by atoms with E-state index in [9.17, 15) is 0 Å². The molecule has 0 saturated carbocycles. The Morgan fingerprint density at radius 3 is 1.42 bits per heavy atom. The Balaban J connectivity index is 1.36. The zero-order valence-electron chi connectivity index (χ0n) is 23.2. The fourth-order valence-electron chi connectivity index (χ4n) is 8.30. The second kappa shape index (κ2) is 7.43. The number of hydrogen-bond donors (Lipinski definition) is 0. The molecule has 5 nitrogen and oxygen atoms in total. The van der Waals surface area contributed by atoms with Gasteiger partial charge in [-0.3, -0.25) is 0 Å². The van der Waals surface area contributed by atoms with E-state index in [0.717, 1.165) is 40.1 Å². The Morgan fingerprint density at radius 2 is 0.860 bits per heavy atom. The maximum absolute atomic E-state index is 6.69. The van der Waals surface area contributed by atoms with E-state index < -0.39 is 13.3 Å². The van der Waals surface area contributed by atoms with Gasteiger partial charge in [0.25, 0.3) is 0 Å². The Bertz CT molecular complexity index is 2120. The van der Waals surface area contributed by atoms with Gasteiger partial charge in [-0.25, -0.2) is 0 Å². The molecule has 5 heterocycles. The van der Waals surface area contributed by atoms with Crippen LogP contribution in [0, 0.1) is 0 Å². The van der Waals surface area contributed by atoms with Crippen LogP contribution in [-0.2, 0) is 0 Å². The first-order valence-corrected chi connectivity index (χ1v) is 20.0. The quantitative estimate of drug-likeness (QED) is 0.174. The molecule has 11 rings (SSSR count). The SMILES string of the molecule is [CH3][Ge]12[c]3c4cccc3N3c5ccccc5Oc5ccc([c]1c53)N(c1ccccc1)c1ccc3c([c]12)N4c1ccccc1O3. The third-order valence-corrected chi connectivity index (χ3v) is 19.3. The van der Waals surface area contributed by atoms with Crippen LogP contribution < -0.4 is 37.4 Å². The van der Waals surface area contributed by atoms with E-state index in [1.54, 1.807) is 0 Å². The van der Waals surface area contributed by atoms with Gasteiger partial charge in [0.1, 0.15) is 0 Å². The minimum atomic E-state index is -3.38. The van der Waals surface area contributed by atoms with Crippen molar-refractivity contribution < 1.29 is 9.47 Å². The van der Waals surface area contributed by atoms with Gasteiger partial charge in [0.05, 0.1) is 0 Å². The van der Waals surface area contributed by atoms with Gasteiger partial charge in [-0.05, 0) is 0 Å². The van der Waals surface area contributed by atoms with Crippen molar-refractivity contribution in [2.45, 2.75) is 5.76 Å². The van der Waals surface area contributed by atoms with Crippen LogP contribution in [-0.4, -0.2) is 13.3 Å². The normalized spacial score (nSPS) is 16.0. The van der Waals surface area contributed by atoms with E-state index in [4.69, 9.17) is 9.47 Å². The van der Waals surface area contributed by atoms with E-state index in [1.807, 2.05) is 0 Å². The Hall–Kier alpha value is -5.14. The zero-order valence-corrected chi connectivity index (χ0v) is 25.3. The van der Waals surface area contributed by atoms with Gasteiger partial charge in [0, 0.05) is 0 Å². The molecule has 43 heavy (non-hydrogen) atoms. The molecular formula is C37H23GeN3O2. The van der Waals surface area contributed by atoms with Gasteiger partial charge >= 0.3 is 252 Å². The van der Waals surface area contributed by atoms with E-state index in [2.05, 4.69) is 142 Å². The van der Waals surface area contributed by atoms with Crippen molar-refractivity contribution in [2.24, 2.45) is 0 Å². The molecule has 0 radical (unpaired) electrons. The molecule has 0 aliphatic carbocycles. The van der Waals surface area contributed by atoms with Gasteiger partial charge in [0.15, 0.2) is 0 Å². The van der Waals surface area contributed by atoms with E-state index in [1.165, 1.54) is 47.3 Å². The molecule has 6 aromatic carbocycles. The van der Waals surface area contributed by atoms with Crippen LogP contribution in [0.15, 0.2) is 121 Å². The molecule has 202 valence electrons. The molecule has 5 aliphatic heterocycles. The molecule has 0 aromatic heterocycles. The maximum atomic E-state index is 6.69. The summed E-state index contributed by atoms with van der Waals surface area (Å²) in [6.07, 6.45) is 0. The summed E-state index contributed by atoms with van der Waals surface area (Å²) >= 11 is -3.38. The van der Waals surface area contributed by atoms with Crippen molar-refractivity contribution in [2.75, 3.05) is 14.7 Å². The summed E-state index contributed by atoms with van der Waals surface area (Å²) < 4.78 is 17.7. The Kier molecular flexibility index (Phi) is 3.88. The molecule has 6 heteroatoms. The summed E-state index contributed by atoms with van der Waals surface area (Å²) in [7, 11) is 0. The average Bonchev–Trinajstić information content (AvgIpc) is 3.05. The van der Waals surface area contributed by atoms with Gasteiger partial charge < -0.3 is 0 Å². The number of fused-ring (bicyclic) bond motifs is 6. The van der Waals surface area contributed by atoms with Crippen molar-refractivity contribution >= 4 is 77.6 Å². The average molecular weight is 614 g/mol. The summed E-state index contributed by atoms with van der Waals surface area (Å²) in [5.74, 6) is 6.21. The molecule has 6 aromatic rings. The minimum absolute atomic E-state index is 0.885. The van der Waals surface area contributed by atoms with E-state index in [0.29, 0.717) is 0 Å². The molecule has 0 amide bonds. The second-order valence-electron chi connectivity index (χ2n) is 11.9. The molecule has 0 atom stereocenters. The van der Waals surface area contributed by atoms with Crippen molar-refractivity contribution in [3.63, 3.8) is 0 Å². The molecule has 0 fully saturated rings. The molecule has 0 saturated heterocycles. The predicted molar refractivity (Wildman–Crippen MR) is 175 cm³/mol. The number of benzene rings is 6. The van der Waals surface area contributed by atoms with Gasteiger partial charge in [-0.2, -0.15) is 0 Å². The third-order valence-electron chi connectivity index (χ3n) is 9.84. The monoisotopic (exact) mass is 615 g/mol. The van der Waals surface area contributed by atoms with Crippen molar-refractivity contribution in [3.05, 3.63) is 121 Å². The van der Waals surface area contributed by atoms with Crippen LogP contribution in [0.1, 0.15) is 0 Å². The van der Waals surface area contributed by atoms with E-state index in [-0.39, 0.29) is 0 Å². The molecule has 0 unspecified atom stereocenters. The first-order chi connectivity index (χ1) is 21.2. The van der Waals surface area contributed by atoms with Crippen LogP contribution in [0.2, 0.25) is 5.76 Å². The van der Waals surface area contributed by atoms with Gasteiger partial charge in [-0.15, -0.1) is 0 Å². The summed E-state index contributed by atoms with van der Waals surface area (Å²) in [5, 5.41) is 0. The zero-order chi connectivity index (χ0) is 28.0. The van der Waals surface area contributed by atoms with Crippen LogP contribution in [0.25, 0.3) is 0 Å². The molecule has 5 aliphatic rings. The van der Waals surface area contributed by atoms with E-state index >= 15 is 0 Å². The standard InChI is InChI=1S/C37H23GeN3O2/c1-38-33-25-14-9-15-26(33)41-24-13-6-8-17-30(24)43-32-21-19-28(35(38)37(32)41)39(22-10-3-2-4-11-22)27-18-20-31-36(34(27)38)40(25)23-12-5-7-16-29(23)42-31/h2-21H,1H3. The van der Waals surface area contributed by atoms with Crippen LogP contribution in [0.5, 0.6) is 23.0 Å². The number of nitrogens with zero attached hydrogens (tertiary/aromatic N) is 3. The second-order valence-corrected chi connectivity index (χ2v) is 19.8. The Morgan fingerprint density at radius 1 is 0.395 bits per heavy atom. The fraction of sp³-hybridized carbons (Fsp3) is 0.0270.